The maximum absolute atomic E-state index is 12.7. The van der Waals surface area contributed by atoms with Crippen molar-refractivity contribution in [2.24, 2.45) is 4.99 Å². The van der Waals surface area contributed by atoms with Crippen LogP contribution < -0.4 is 0 Å². The van der Waals surface area contributed by atoms with Gasteiger partial charge < -0.3 is 9.47 Å². The van der Waals surface area contributed by atoms with Gasteiger partial charge in [0.2, 0.25) is 5.90 Å². The molecule has 0 fully saturated rings. The topological polar surface area (TPSA) is 47.9 Å². The molecule has 0 bridgehead atoms. The van der Waals surface area contributed by atoms with Crippen molar-refractivity contribution in [3.63, 3.8) is 0 Å². The Kier molecular flexibility index (Phi) is 4.63. The van der Waals surface area contributed by atoms with Gasteiger partial charge in [-0.15, -0.1) is 0 Å². The van der Waals surface area contributed by atoms with Crippen LogP contribution in [0, 0.1) is 0 Å². The average Bonchev–Trinajstić information content (AvgIpc) is 3.13. The van der Waals surface area contributed by atoms with Crippen LogP contribution in [0.1, 0.15) is 31.1 Å². The Morgan fingerprint density at radius 1 is 0.963 bits per heavy atom. The van der Waals surface area contributed by atoms with Crippen molar-refractivity contribution in [1.82, 2.24) is 0 Å². The van der Waals surface area contributed by atoms with Crippen LogP contribution >= 0.6 is 0 Å². The number of nitrogens with zero attached hydrogens (tertiary/aromatic N) is 1. The molecule has 0 N–H and O–H groups in total. The fraction of sp³-hybridized carbons (Fsp3) is 0.217. The van der Waals surface area contributed by atoms with Crippen molar-refractivity contribution >= 4 is 22.6 Å². The van der Waals surface area contributed by atoms with Crippen LogP contribution in [0.15, 0.2) is 77.8 Å². The SMILES string of the molecule is CC(C)OC(=O)[C@H]1N=C(c2ccccc2)O[C@H]1c1cccc2ccccc12. The van der Waals surface area contributed by atoms with Gasteiger partial charge in [-0.1, -0.05) is 60.7 Å². The smallest absolute Gasteiger partial charge is 0.335 e. The molecule has 0 saturated carbocycles. The second-order valence-electron chi connectivity index (χ2n) is 6.84. The number of ether oxygens (including phenoxy) is 2. The van der Waals surface area contributed by atoms with Gasteiger partial charge in [0.25, 0.3) is 0 Å². The lowest BCUT2D eigenvalue weighted by atomic mass is 9.96. The number of hydrogen-bond acceptors (Lipinski definition) is 4. The highest BCUT2D eigenvalue weighted by molar-refractivity contribution is 5.99. The van der Waals surface area contributed by atoms with E-state index in [-0.39, 0.29) is 12.1 Å². The third kappa shape index (κ3) is 3.43. The predicted octanol–water partition coefficient (Wildman–Crippen LogP) is 4.68. The van der Waals surface area contributed by atoms with Crippen molar-refractivity contribution in [3.8, 4) is 0 Å². The molecule has 1 heterocycles. The number of carbonyl (C=O) groups excluding carboxylic acids is 1. The number of rotatable bonds is 4. The maximum Gasteiger partial charge on any atom is 0.335 e. The number of aliphatic imine (C=N–C) groups is 1. The molecule has 2 atom stereocenters. The zero-order valence-corrected chi connectivity index (χ0v) is 15.3. The van der Waals surface area contributed by atoms with E-state index in [0.717, 1.165) is 21.9 Å². The van der Waals surface area contributed by atoms with E-state index in [4.69, 9.17) is 9.47 Å². The summed E-state index contributed by atoms with van der Waals surface area (Å²) in [5.41, 5.74) is 1.79. The summed E-state index contributed by atoms with van der Waals surface area (Å²) in [5.74, 6) is 0.105. The van der Waals surface area contributed by atoms with Crippen LogP contribution in [-0.2, 0) is 14.3 Å². The van der Waals surface area contributed by atoms with E-state index in [0.29, 0.717) is 5.90 Å². The van der Waals surface area contributed by atoms with Crippen LogP contribution in [0.4, 0.5) is 0 Å². The Balaban J connectivity index is 1.77. The molecule has 1 aliphatic heterocycles. The summed E-state index contributed by atoms with van der Waals surface area (Å²) in [4.78, 5) is 17.3. The molecule has 0 radical (unpaired) electrons. The lowest BCUT2D eigenvalue weighted by Crippen LogP contribution is -2.28. The van der Waals surface area contributed by atoms with E-state index in [9.17, 15) is 4.79 Å². The molecule has 0 amide bonds. The highest BCUT2D eigenvalue weighted by Crippen LogP contribution is 2.36. The minimum Gasteiger partial charge on any atom is -0.466 e. The van der Waals surface area contributed by atoms with E-state index < -0.39 is 12.1 Å². The van der Waals surface area contributed by atoms with Crippen LogP contribution in [-0.4, -0.2) is 24.0 Å². The van der Waals surface area contributed by atoms with Crippen LogP contribution in [0.5, 0.6) is 0 Å². The highest BCUT2D eigenvalue weighted by atomic mass is 16.6. The molecule has 0 aliphatic carbocycles. The first-order valence-corrected chi connectivity index (χ1v) is 9.11. The molecule has 0 unspecified atom stereocenters. The van der Waals surface area contributed by atoms with Gasteiger partial charge in [-0.3, -0.25) is 0 Å². The first-order valence-electron chi connectivity index (χ1n) is 9.11. The maximum atomic E-state index is 12.7. The lowest BCUT2D eigenvalue weighted by molar-refractivity contribution is -0.150. The molecule has 27 heavy (non-hydrogen) atoms. The van der Waals surface area contributed by atoms with Crippen LogP contribution in [0.2, 0.25) is 0 Å². The highest BCUT2D eigenvalue weighted by Gasteiger charge is 2.40. The molecule has 4 heteroatoms. The van der Waals surface area contributed by atoms with E-state index >= 15 is 0 Å². The van der Waals surface area contributed by atoms with Gasteiger partial charge in [-0.05, 0) is 36.8 Å². The first-order chi connectivity index (χ1) is 13.1. The Morgan fingerprint density at radius 2 is 1.67 bits per heavy atom. The second-order valence-corrected chi connectivity index (χ2v) is 6.84. The van der Waals surface area contributed by atoms with Gasteiger partial charge >= 0.3 is 5.97 Å². The van der Waals surface area contributed by atoms with Gasteiger partial charge in [0.05, 0.1) is 6.10 Å². The van der Waals surface area contributed by atoms with Crippen molar-refractivity contribution in [3.05, 3.63) is 83.9 Å². The third-order valence-electron chi connectivity index (χ3n) is 4.53. The first kappa shape index (κ1) is 17.3. The summed E-state index contributed by atoms with van der Waals surface area (Å²) >= 11 is 0. The molecule has 1 aliphatic rings. The van der Waals surface area contributed by atoms with Crippen molar-refractivity contribution in [1.29, 1.82) is 0 Å². The summed E-state index contributed by atoms with van der Waals surface area (Å²) in [5, 5.41) is 2.15. The number of carbonyl (C=O) groups is 1. The second kappa shape index (κ2) is 7.23. The third-order valence-corrected chi connectivity index (χ3v) is 4.53. The van der Waals surface area contributed by atoms with E-state index in [1.165, 1.54) is 0 Å². The zero-order chi connectivity index (χ0) is 18.8. The number of hydrogen-bond donors (Lipinski definition) is 0. The summed E-state index contributed by atoms with van der Waals surface area (Å²) in [6.07, 6.45) is -0.723. The van der Waals surface area contributed by atoms with Gasteiger partial charge in [0.1, 0.15) is 0 Å². The molecule has 0 aromatic heterocycles. The van der Waals surface area contributed by atoms with Gasteiger partial charge in [-0.2, -0.15) is 0 Å². The predicted molar refractivity (Wildman–Crippen MR) is 106 cm³/mol. The lowest BCUT2D eigenvalue weighted by Gasteiger charge is -2.20. The van der Waals surface area contributed by atoms with Gasteiger partial charge in [-0.25, -0.2) is 9.79 Å². The summed E-state index contributed by atoms with van der Waals surface area (Å²) in [6, 6.07) is 23.0. The van der Waals surface area contributed by atoms with E-state index in [1.54, 1.807) is 0 Å². The normalized spacial score (nSPS) is 19.0. The molecule has 0 spiro atoms. The Labute approximate surface area is 158 Å². The molecular weight excluding hydrogens is 338 g/mol. The van der Waals surface area contributed by atoms with Gasteiger partial charge in [0, 0.05) is 11.1 Å². The van der Waals surface area contributed by atoms with Gasteiger partial charge in [0.15, 0.2) is 12.1 Å². The van der Waals surface area contributed by atoms with Crippen LogP contribution in [0.3, 0.4) is 0 Å². The van der Waals surface area contributed by atoms with Crippen LogP contribution in [0.25, 0.3) is 10.8 Å². The Morgan fingerprint density at radius 3 is 2.44 bits per heavy atom. The van der Waals surface area contributed by atoms with E-state index in [2.05, 4.69) is 4.99 Å². The number of benzene rings is 3. The molecule has 0 saturated heterocycles. The fourth-order valence-electron chi connectivity index (χ4n) is 3.34. The molecule has 136 valence electrons. The summed E-state index contributed by atoms with van der Waals surface area (Å²) < 4.78 is 11.7. The van der Waals surface area contributed by atoms with Crippen molar-refractivity contribution in [2.75, 3.05) is 0 Å². The molecule has 4 rings (SSSR count). The van der Waals surface area contributed by atoms with Crippen molar-refractivity contribution in [2.45, 2.75) is 32.1 Å². The number of esters is 1. The minimum absolute atomic E-state index is 0.207. The molecule has 4 nitrogen and oxygen atoms in total. The Bertz CT molecular complexity index is 989. The molecule has 3 aromatic carbocycles. The van der Waals surface area contributed by atoms with Crippen molar-refractivity contribution < 1.29 is 14.3 Å². The molecular formula is C23H21NO3. The summed E-state index contributed by atoms with van der Waals surface area (Å²) in [6.45, 7) is 3.67. The van der Waals surface area contributed by atoms with E-state index in [1.807, 2.05) is 86.6 Å². The largest absolute Gasteiger partial charge is 0.466 e. The molecule has 3 aromatic rings. The minimum atomic E-state index is -0.728. The summed E-state index contributed by atoms with van der Waals surface area (Å²) in [7, 11) is 0. The number of fused-ring (bicyclic) bond motifs is 1. The fourth-order valence-corrected chi connectivity index (χ4v) is 3.34. The quantitative estimate of drug-likeness (QED) is 0.636. The zero-order valence-electron chi connectivity index (χ0n) is 15.3. The average molecular weight is 359 g/mol. The monoisotopic (exact) mass is 359 g/mol. The standard InChI is InChI=1S/C23H21NO3/c1-15(2)26-23(25)20-21(27-22(24-20)17-10-4-3-5-11-17)19-14-8-12-16-9-6-7-13-18(16)19/h3-15,20-21H,1-2H3/t20-,21-/m0/s1. The Hall–Kier alpha value is -3.14.